The van der Waals surface area contributed by atoms with Gasteiger partial charge in [0.05, 0.1) is 10.5 Å². The number of nitrogens with zero attached hydrogens (tertiary/aromatic N) is 1. The summed E-state index contributed by atoms with van der Waals surface area (Å²) < 4.78 is -0.808. The molecule has 0 saturated heterocycles. The van der Waals surface area contributed by atoms with Crippen LogP contribution in [0.2, 0.25) is 0 Å². The number of aryl methyl sites for hydroxylation is 1. The van der Waals surface area contributed by atoms with E-state index in [9.17, 15) is 9.59 Å². The number of allylic oxidation sites excluding steroid dienone is 2. The first-order chi connectivity index (χ1) is 10.6. The number of aliphatic imine (C=N–C) groups is 1. The highest BCUT2D eigenvalue weighted by Gasteiger charge is 2.44. The fraction of sp³-hybridized carbons (Fsp3) is 0.389. The van der Waals surface area contributed by atoms with Gasteiger partial charge in [-0.2, -0.15) is 0 Å². The summed E-state index contributed by atoms with van der Waals surface area (Å²) >= 11 is 7.01. The molecule has 1 aliphatic rings. The van der Waals surface area contributed by atoms with Gasteiger partial charge in [-0.1, -0.05) is 63.4 Å². The summed E-state index contributed by atoms with van der Waals surface area (Å²) in [5.41, 5.74) is 3.05. The van der Waals surface area contributed by atoms with E-state index in [-0.39, 0.29) is 22.4 Å². The van der Waals surface area contributed by atoms with Gasteiger partial charge in [-0.05, 0) is 43.5 Å². The lowest BCUT2D eigenvalue weighted by Gasteiger charge is -2.33. The van der Waals surface area contributed by atoms with Crippen molar-refractivity contribution >= 4 is 49.3 Å². The standard InChI is InChI=1S/C18H19Br2NO2/c1-10(2)13-9-14(22)18(4,20)16(19)15(13)21-17(23)12-7-5-11(3)6-8-12/h5-10,16H,1-4H3. The van der Waals surface area contributed by atoms with Crippen molar-refractivity contribution in [3.8, 4) is 0 Å². The van der Waals surface area contributed by atoms with E-state index in [2.05, 4.69) is 36.9 Å². The van der Waals surface area contributed by atoms with Crippen LogP contribution in [0.15, 0.2) is 40.9 Å². The van der Waals surface area contributed by atoms with E-state index in [0.717, 1.165) is 11.1 Å². The zero-order valence-electron chi connectivity index (χ0n) is 13.6. The first-order valence-electron chi connectivity index (χ1n) is 7.43. The predicted octanol–water partition coefficient (Wildman–Crippen LogP) is 4.66. The molecule has 5 heteroatoms. The highest BCUT2D eigenvalue weighted by Crippen LogP contribution is 2.38. The van der Waals surface area contributed by atoms with Gasteiger partial charge in [0.25, 0.3) is 5.91 Å². The van der Waals surface area contributed by atoms with Gasteiger partial charge < -0.3 is 0 Å². The molecule has 0 spiro atoms. The molecule has 2 unspecified atom stereocenters. The van der Waals surface area contributed by atoms with Gasteiger partial charge >= 0.3 is 0 Å². The summed E-state index contributed by atoms with van der Waals surface area (Å²) in [4.78, 5) is 28.7. The molecule has 1 aliphatic carbocycles. The van der Waals surface area contributed by atoms with Crippen molar-refractivity contribution in [3.63, 3.8) is 0 Å². The summed E-state index contributed by atoms with van der Waals surface area (Å²) in [7, 11) is 0. The van der Waals surface area contributed by atoms with Gasteiger partial charge in [0.2, 0.25) is 0 Å². The molecule has 0 bridgehead atoms. The van der Waals surface area contributed by atoms with Crippen LogP contribution >= 0.6 is 31.9 Å². The second-order valence-corrected chi connectivity index (χ2v) is 8.79. The van der Waals surface area contributed by atoms with Crippen LogP contribution in [-0.4, -0.2) is 26.6 Å². The van der Waals surface area contributed by atoms with Gasteiger partial charge in [0.15, 0.2) is 5.78 Å². The minimum atomic E-state index is -0.808. The first-order valence-corrected chi connectivity index (χ1v) is 9.14. The Kier molecular flexibility index (Phi) is 5.41. The van der Waals surface area contributed by atoms with Gasteiger partial charge in [0, 0.05) is 5.56 Å². The number of rotatable bonds is 2. The molecule has 1 amide bonds. The van der Waals surface area contributed by atoms with Crippen molar-refractivity contribution in [3.05, 3.63) is 47.0 Å². The Balaban J connectivity index is 2.48. The lowest BCUT2D eigenvalue weighted by atomic mass is 9.83. The van der Waals surface area contributed by atoms with Crippen LogP contribution in [0.25, 0.3) is 0 Å². The van der Waals surface area contributed by atoms with Crippen molar-refractivity contribution in [1.82, 2.24) is 0 Å². The molecule has 0 N–H and O–H groups in total. The number of amides is 1. The summed E-state index contributed by atoms with van der Waals surface area (Å²) in [6.45, 7) is 7.73. The van der Waals surface area contributed by atoms with E-state index in [1.807, 2.05) is 32.9 Å². The molecule has 2 atom stereocenters. The summed E-state index contributed by atoms with van der Waals surface area (Å²) in [6, 6.07) is 7.31. The average Bonchev–Trinajstić information content (AvgIpc) is 2.48. The molecular formula is C18H19Br2NO2. The topological polar surface area (TPSA) is 46.5 Å². The lowest BCUT2D eigenvalue weighted by Crippen LogP contribution is -2.46. The Morgan fingerprint density at radius 2 is 1.83 bits per heavy atom. The molecule has 1 aromatic carbocycles. The smallest absolute Gasteiger partial charge is 0.277 e. The van der Waals surface area contributed by atoms with Gasteiger partial charge in [0.1, 0.15) is 4.32 Å². The van der Waals surface area contributed by atoms with Gasteiger partial charge in [-0.3, -0.25) is 9.59 Å². The SMILES string of the molecule is Cc1ccc(C(=O)N=C2C(C(C)C)=CC(=O)C(C)(Br)C2Br)cc1. The maximum Gasteiger partial charge on any atom is 0.277 e. The fourth-order valence-electron chi connectivity index (χ4n) is 2.34. The van der Waals surface area contributed by atoms with Gasteiger partial charge in [-0.25, -0.2) is 4.99 Å². The highest BCUT2D eigenvalue weighted by atomic mass is 79.9. The Morgan fingerprint density at radius 3 is 2.35 bits per heavy atom. The highest BCUT2D eigenvalue weighted by molar-refractivity contribution is 9.13. The molecule has 2 rings (SSSR count). The third-order valence-corrected chi connectivity index (χ3v) is 6.74. The monoisotopic (exact) mass is 439 g/mol. The van der Waals surface area contributed by atoms with E-state index >= 15 is 0 Å². The van der Waals surface area contributed by atoms with Crippen LogP contribution in [0.1, 0.15) is 36.7 Å². The van der Waals surface area contributed by atoms with Crippen LogP contribution in [0.4, 0.5) is 0 Å². The van der Waals surface area contributed by atoms with E-state index in [0.29, 0.717) is 11.3 Å². The molecule has 0 heterocycles. The predicted molar refractivity (Wildman–Crippen MR) is 101 cm³/mol. The van der Waals surface area contributed by atoms with Crippen molar-refractivity contribution in [2.45, 2.75) is 36.8 Å². The number of carbonyl (C=O) groups is 2. The van der Waals surface area contributed by atoms with Crippen LogP contribution in [-0.2, 0) is 4.79 Å². The van der Waals surface area contributed by atoms with E-state index in [1.165, 1.54) is 0 Å². The normalized spacial score (nSPS) is 26.6. The Hall–Kier alpha value is -1.07. The molecule has 3 nitrogen and oxygen atoms in total. The Bertz CT molecular complexity index is 700. The maximum atomic E-state index is 12.5. The fourth-order valence-corrected chi connectivity index (χ4v) is 3.26. The van der Waals surface area contributed by atoms with Crippen molar-refractivity contribution in [2.75, 3.05) is 0 Å². The van der Waals surface area contributed by atoms with Crippen LogP contribution in [0, 0.1) is 12.8 Å². The minimum absolute atomic E-state index is 0.0233. The largest absolute Gasteiger partial charge is 0.293 e. The molecular weight excluding hydrogens is 422 g/mol. The average molecular weight is 441 g/mol. The third-order valence-electron chi connectivity index (χ3n) is 3.92. The van der Waals surface area contributed by atoms with Crippen molar-refractivity contribution in [1.29, 1.82) is 0 Å². The molecule has 0 saturated carbocycles. The molecule has 1 aromatic rings. The molecule has 122 valence electrons. The van der Waals surface area contributed by atoms with Crippen molar-refractivity contribution < 1.29 is 9.59 Å². The maximum absolute atomic E-state index is 12.5. The number of carbonyl (C=O) groups excluding carboxylic acids is 2. The number of hydrogen-bond acceptors (Lipinski definition) is 2. The lowest BCUT2D eigenvalue weighted by molar-refractivity contribution is -0.116. The Morgan fingerprint density at radius 1 is 1.26 bits per heavy atom. The van der Waals surface area contributed by atoms with E-state index in [4.69, 9.17) is 0 Å². The number of halogens is 2. The van der Waals surface area contributed by atoms with E-state index in [1.54, 1.807) is 25.1 Å². The number of benzene rings is 1. The molecule has 0 aromatic heterocycles. The zero-order valence-corrected chi connectivity index (χ0v) is 16.7. The number of hydrogen-bond donors (Lipinski definition) is 0. The van der Waals surface area contributed by atoms with Crippen LogP contribution in [0.5, 0.6) is 0 Å². The minimum Gasteiger partial charge on any atom is -0.293 e. The number of alkyl halides is 2. The molecule has 0 aliphatic heterocycles. The quantitative estimate of drug-likeness (QED) is 0.628. The van der Waals surface area contributed by atoms with E-state index < -0.39 is 4.32 Å². The molecule has 23 heavy (non-hydrogen) atoms. The zero-order chi connectivity index (χ0) is 17.4. The first kappa shape index (κ1) is 18.3. The van der Waals surface area contributed by atoms with Crippen LogP contribution in [0.3, 0.4) is 0 Å². The summed E-state index contributed by atoms with van der Waals surface area (Å²) in [5.74, 6) is -0.217. The van der Waals surface area contributed by atoms with Gasteiger partial charge in [-0.15, -0.1) is 0 Å². The summed E-state index contributed by atoms with van der Waals surface area (Å²) in [6.07, 6.45) is 1.60. The second kappa shape index (κ2) is 6.81. The second-order valence-electron chi connectivity index (χ2n) is 6.23. The summed E-state index contributed by atoms with van der Waals surface area (Å²) in [5, 5.41) is 0. The van der Waals surface area contributed by atoms with Crippen molar-refractivity contribution in [2.24, 2.45) is 10.9 Å². The third kappa shape index (κ3) is 3.72. The Labute approximate surface area is 153 Å². The molecule has 0 fully saturated rings. The van der Waals surface area contributed by atoms with Crippen LogP contribution < -0.4 is 0 Å². The number of ketones is 1. The molecule has 0 radical (unpaired) electrons.